The van der Waals surface area contributed by atoms with Crippen LogP contribution in [0.1, 0.15) is 50.3 Å². The number of guanidine groups is 1. The number of nitrogens with zero attached hydrogens (tertiary/aromatic N) is 5. The van der Waals surface area contributed by atoms with Crippen LogP contribution in [0.2, 0.25) is 0 Å². The molecule has 8 heteroatoms. The molecule has 1 aliphatic carbocycles. The predicted molar refractivity (Wildman–Crippen MR) is 96.3 cm³/mol. The lowest BCUT2D eigenvalue weighted by molar-refractivity contribution is -0.127. The van der Waals surface area contributed by atoms with Crippen LogP contribution in [-0.2, 0) is 4.79 Å². The second-order valence-corrected chi connectivity index (χ2v) is 7.19. The molecule has 1 aromatic rings. The first-order chi connectivity index (χ1) is 12.1. The third-order valence-corrected chi connectivity index (χ3v) is 5.17. The third kappa shape index (κ3) is 4.70. The fraction of sp³-hybridized carbons (Fsp3) is 0.765. The van der Waals surface area contributed by atoms with Gasteiger partial charge in [0.05, 0.1) is 0 Å². The number of rotatable bonds is 4. The van der Waals surface area contributed by atoms with Gasteiger partial charge in [-0.3, -0.25) is 9.89 Å². The van der Waals surface area contributed by atoms with Gasteiger partial charge in [0.25, 0.3) is 0 Å². The van der Waals surface area contributed by atoms with Crippen molar-refractivity contribution < 1.29 is 4.79 Å². The van der Waals surface area contributed by atoms with Gasteiger partial charge in [-0.15, -0.1) is 0 Å². The molecule has 3 rings (SSSR count). The van der Waals surface area contributed by atoms with Crippen LogP contribution in [0.5, 0.6) is 0 Å². The van der Waals surface area contributed by atoms with Crippen LogP contribution >= 0.6 is 0 Å². The van der Waals surface area contributed by atoms with Crippen molar-refractivity contribution in [3.8, 4) is 0 Å². The summed E-state index contributed by atoms with van der Waals surface area (Å²) in [7, 11) is 3.54. The number of likely N-dealkylation sites (tertiary alicyclic amines) is 1. The van der Waals surface area contributed by atoms with Gasteiger partial charge in [0.1, 0.15) is 18.7 Å². The zero-order valence-electron chi connectivity index (χ0n) is 15.2. The molecular formula is C17H29N7O. The first-order valence-electron chi connectivity index (χ1n) is 9.25. The summed E-state index contributed by atoms with van der Waals surface area (Å²) in [5, 5.41) is 10.5. The number of aliphatic imine (C=N–C) groups is 1. The maximum Gasteiger partial charge on any atom is 0.243 e. The molecule has 0 radical (unpaired) electrons. The molecule has 2 heterocycles. The average molecular weight is 347 g/mol. The van der Waals surface area contributed by atoms with E-state index >= 15 is 0 Å². The number of carbonyl (C=O) groups is 1. The first kappa shape index (κ1) is 17.7. The van der Waals surface area contributed by atoms with Crippen molar-refractivity contribution in [1.82, 2.24) is 30.3 Å². The first-order valence-corrected chi connectivity index (χ1v) is 9.25. The van der Waals surface area contributed by atoms with E-state index in [0.29, 0.717) is 12.0 Å². The highest BCUT2D eigenvalue weighted by Gasteiger charge is 2.26. The zero-order chi connectivity index (χ0) is 17.6. The quantitative estimate of drug-likeness (QED) is 0.625. The number of carbonyl (C=O) groups excluding carboxylic acids is 1. The molecule has 0 bridgehead atoms. The van der Waals surface area contributed by atoms with E-state index < -0.39 is 0 Å². The van der Waals surface area contributed by atoms with E-state index in [0.717, 1.165) is 37.7 Å². The molecule has 25 heavy (non-hydrogen) atoms. The summed E-state index contributed by atoms with van der Waals surface area (Å²) in [5.41, 5.74) is 0. The fourth-order valence-corrected chi connectivity index (χ4v) is 3.55. The second-order valence-electron chi connectivity index (χ2n) is 7.19. The predicted octanol–water partition coefficient (Wildman–Crippen LogP) is 0.961. The van der Waals surface area contributed by atoms with E-state index in [1.807, 2.05) is 0 Å². The van der Waals surface area contributed by atoms with Crippen molar-refractivity contribution in [3.05, 3.63) is 12.2 Å². The standard InChI is InChI=1S/C17H29N7O/c1-23(2)15(25)11-18-17(21-14-5-3-4-6-14)24-9-7-13(8-10-24)16-19-12-20-22-16/h12-14H,3-11H2,1-2H3,(H,18,21)(H,19,20,22). The molecule has 1 aromatic heterocycles. The van der Waals surface area contributed by atoms with Gasteiger partial charge in [0.2, 0.25) is 5.91 Å². The molecule has 0 aromatic carbocycles. The molecule has 138 valence electrons. The van der Waals surface area contributed by atoms with Gasteiger partial charge in [-0.2, -0.15) is 5.10 Å². The summed E-state index contributed by atoms with van der Waals surface area (Å²) in [4.78, 5) is 24.7. The molecule has 1 saturated heterocycles. The lowest BCUT2D eigenvalue weighted by Gasteiger charge is -2.34. The number of H-pyrrole nitrogens is 1. The zero-order valence-corrected chi connectivity index (χ0v) is 15.2. The number of amides is 1. The molecule has 0 atom stereocenters. The van der Waals surface area contributed by atoms with E-state index in [1.54, 1.807) is 25.3 Å². The summed E-state index contributed by atoms with van der Waals surface area (Å²) in [6.45, 7) is 2.03. The Bertz CT molecular complexity index is 570. The Hall–Kier alpha value is -2.12. The molecule has 0 spiro atoms. The van der Waals surface area contributed by atoms with Gasteiger partial charge in [-0.25, -0.2) is 9.98 Å². The van der Waals surface area contributed by atoms with Gasteiger partial charge in [-0.05, 0) is 25.7 Å². The number of piperidine rings is 1. The summed E-state index contributed by atoms with van der Waals surface area (Å²) in [6, 6.07) is 0.486. The topological polar surface area (TPSA) is 89.5 Å². The Morgan fingerprint density at radius 2 is 2.04 bits per heavy atom. The summed E-state index contributed by atoms with van der Waals surface area (Å²) < 4.78 is 0. The van der Waals surface area contributed by atoms with Crippen LogP contribution in [-0.4, -0.2) is 76.6 Å². The van der Waals surface area contributed by atoms with Crippen molar-refractivity contribution in [2.45, 2.75) is 50.5 Å². The molecular weight excluding hydrogens is 318 g/mol. The van der Waals surface area contributed by atoms with Gasteiger partial charge < -0.3 is 15.1 Å². The lowest BCUT2D eigenvalue weighted by atomic mass is 9.96. The van der Waals surface area contributed by atoms with E-state index in [2.05, 4.69) is 30.4 Å². The summed E-state index contributed by atoms with van der Waals surface area (Å²) in [5.74, 6) is 2.32. The van der Waals surface area contributed by atoms with Gasteiger partial charge in [0.15, 0.2) is 5.96 Å². The van der Waals surface area contributed by atoms with Crippen molar-refractivity contribution in [2.75, 3.05) is 33.7 Å². The summed E-state index contributed by atoms with van der Waals surface area (Å²) in [6.07, 6.45) is 8.53. The van der Waals surface area contributed by atoms with E-state index in [9.17, 15) is 4.79 Å². The van der Waals surface area contributed by atoms with Gasteiger partial charge in [0, 0.05) is 39.1 Å². The minimum atomic E-state index is 0.0299. The molecule has 2 fully saturated rings. The fourth-order valence-electron chi connectivity index (χ4n) is 3.55. The maximum absolute atomic E-state index is 11.9. The monoisotopic (exact) mass is 347 g/mol. The average Bonchev–Trinajstić information content (AvgIpc) is 3.32. The van der Waals surface area contributed by atoms with E-state index in [4.69, 9.17) is 0 Å². The van der Waals surface area contributed by atoms with Crippen molar-refractivity contribution >= 4 is 11.9 Å². The molecule has 1 saturated carbocycles. The maximum atomic E-state index is 11.9. The number of hydrogen-bond donors (Lipinski definition) is 2. The highest BCUT2D eigenvalue weighted by Crippen LogP contribution is 2.25. The minimum Gasteiger partial charge on any atom is -0.353 e. The molecule has 2 N–H and O–H groups in total. The number of aromatic amines is 1. The number of nitrogens with one attached hydrogen (secondary N) is 2. The Morgan fingerprint density at radius 3 is 2.64 bits per heavy atom. The normalized spacial score (nSPS) is 20.1. The molecule has 2 aliphatic rings. The Labute approximate surface area is 149 Å². The minimum absolute atomic E-state index is 0.0299. The van der Waals surface area contributed by atoms with Gasteiger partial charge >= 0.3 is 0 Å². The number of hydrogen-bond acceptors (Lipinski definition) is 4. The molecule has 1 amide bonds. The molecule has 0 unspecified atom stereocenters. The lowest BCUT2D eigenvalue weighted by Crippen LogP contribution is -2.48. The highest BCUT2D eigenvalue weighted by molar-refractivity contribution is 5.85. The molecule has 1 aliphatic heterocycles. The summed E-state index contributed by atoms with van der Waals surface area (Å²) >= 11 is 0. The van der Waals surface area contributed by atoms with Crippen LogP contribution < -0.4 is 5.32 Å². The van der Waals surface area contributed by atoms with Gasteiger partial charge in [-0.1, -0.05) is 12.8 Å². The number of aromatic nitrogens is 3. The van der Waals surface area contributed by atoms with Crippen LogP contribution in [0.15, 0.2) is 11.3 Å². The van der Waals surface area contributed by atoms with E-state index in [-0.39, 0.29) is 12.5 Å². The van der Waals surface area contributed by atoms with Crippen LogP contribution in [0.4, 0.5) is 0 Å². The Morgan fingerprint density at radius 1 is 1.32 bits per heavy atom. The number of likely N-dealkylation sites (N-methyl/N-ethyl adjacent to an activating group) is 1. The Balaban J connectivity index is 1.62. The molecule has 8 nitrogen and oxygen atoms in total. The van der Waals surface area contributed by atoms with Crippen LogP contribution in [0.25, 0.3) is 0 Å². The SMILES string of the molecule is CN(C)C(=O)CN=C(NC1CCCC1)N1CCC(c2ncn[nH]2)CC1. The van der Waals surface area contributed by atoms with Crippen LogP contribution in [0, 0.1) is 0 Å². The van der Waals surface area contributed by atoms with Crippen molar-refractivity contribution in [3.63, 3.8) is 0 Å². The van der Waals surface area contributed by atoms with E-state index in [1.165, 1.54) is 25.7 Å². The van der Waals surface area contributed by atoms with Crippen molar-refractivity contribution in [1.29, 1.82) is 0 Å². The Kier molecular flexibility index (Phi) is 5.88. The highest BCUT2D eigenvalue weighted by atomic mass is 16.2. The third-order valence-electron chi connectivity index (χ3n) is 5.17. The smallest absolute Gasteiger partial charge is 0.243 e. The van der Waals surface area contributed by atoms with Crippen molar-refractivity contribution in [2.24, 2.45) is 4.99 Å². The van der Waals surface area contributed by atoms with Crippen LogP contribution in [0.3, 0.4) is 0 Å². The second kappa shape index (κ2) is 8.31. The largest absolute Gasteiger partial charge is 0.353 e.